The Bertz CT molecular complexity index is 498. The molecule has 1 atom stereocenters. The number of hydrogen-bond acceptors (Lipinski definition) is 3. The van der Waals surface area contributed by atoms with Crippen LogP contribution < -0.4 is 10.1 Å². The minimum Gasteiger partial charge on any atom is -0.481 e. The second kappa shape index (κ2) is 8.47. The molecule has 0 spiro atoms. The maximum atomic E-state index is 12.1. The van der Waals surface area contributed by atoms with Gasteiger partial charge in [-0.1, -0.05) is 25.0 Å². The predicted octanol–water partition coefficient (Wildman–Crippen LogP) is 3.86. The third-order valence-electron chi connectivity index (χ3n) is 4.28. The molecule has 0 unspecified atom stereocenters. The standard InChI is InChI=1S/C18H27NO2S/c1-13-7-6-10-17(14(13)2)21-15(3)18(20)19-11-12-22-16-8-4-5-9-16/h6-7,10,15-16H,4-5,8-9,11-12H2,1-3H3,(H,19,20)/t15-/m0/s1. The van der Waals surface area contributed by atoms with E-state index in [0.29, 0.717) is 0 Å². The van der Waals surface area contributed by atoms with Gasteiger partial charge in [0.15, 0.2) is 6.10 Å². The van der Waals surface area contributed by atoms with Crippen LogP contribution in [0.5, 0.6) is 5.75 Å². The maximum Gasteiger partial charge on any atom is 0.260 e. The summed E-state index contributed by atoms with van der Waals surface area (Å²) in [6, 6.07) is 5.93. The first kappa shape index (κ1) is 17.2. The van der Waals surface area contributed by atoms with Crippen LogP contribution in [0.15, 0.2) is 18.2 Å². The lowest BCUT2D eigenvalue weighted by Gasteiger charge is -2.17. The summed E-state index contributed by atoms with van der Waals surface area (Å²) < 4.78 is 5.80. The smallest absolute Gasteiger partial charge is 0.260 e. The van der Waals surface area contributed by atoms with Crippen molar-refractivity contribution < 1.29 is 9.53 Å². The fourth-order valence-electron chi connectivity index (χ4n) is 2.69. The van der Waals surface area contributed by atoms with Gasteiger partial charge >= 0.3 is 0 Å². The zero-order valence-corrected chi connectivity index (χ0v) is 14.7. The van der Waals surface area contributed by atoms with Gasteiger partial charge in [0.05, 0.1) is 0 Å². The first-order valence-corrected chi connectivity index (χ1v) is 9.25. The number of ether oxygens (including phenoxy) is 1. The maximum absolute atomic E-state index is 12.1. The van der Waals surface area contributed by atoms with Crippen molar-refractivity contribution in [1.29, 1.82) is 0 Å². The summed E-state index contributed by atoms with van der Waals surface area (Å²) in [4.78, 5) is 12.1. The van der Waals surface area contributed by atoms with Crippen LogP contribution in [0.2, 0.25) is 0 Å². The molecule has 1 aliphatic rings. The van der Waals surface area contributed by atoms with Crippen molar-refractivity contribution in [2.24, 2.45) is 0 Å². The fraction of sp³-hybridized carbons (Fsp3) is 0.611. The van der Waals surface area contributed by atoms with Crippen LogP contribution in [0.4, 0.5) is 0 Å². The van der Waals surface area contributed by atoms with Crippen LogP contribution in [0, 0.1) is 13.8 Å². The zero-order chi connectivity index (χ0) is 15.9. The molecule has 1 saturated carbocycles. The van der Waals surface area contributed by atoms with Gasteiger partial charge < -0.3 is 10.1 Å². The van der Waals surface area contributed by atoms with Gasteiger partial charge in [0.25, 0.3) is 5.91 Å². The highest BCUT2D eigenvalue weighted by molar-refractivity contribution is 7.99. The molecule has 0 aromatic heterocycles. The first-order valence-electron chi connectivity index (χ1n) is 8.20. The van der Waals surface area contributed by atoms with E-state index >= 15 is 0 Å². The van der Waals surface area contributed by atoms with Crippen LogP contribution in [-0.4, -0.2) is 29.6 Å². The molecule has 1 aromatic rings. The normalized spacial score (nSPS) is 16.5. The van der Waals surface area contributed by atoms with E-state index in [4.69, 9.17) is 4.74 Å². The van der Waals surface area contributed by atoms with E-state index in [0.717, 1.165) is 28.9 Å². The molecular formula is C18H27NO2S. The van der Waals surface area contributed by atoms with Crippen LogP contribution in [0.25, 0.3) is 0 Å². The van der Waals surface area contributed by atoms with E-state index in [1.54, 1.807) is 6.92 Å². The Morgan fingerprint density at radius 1 is 1.36 bits per heavy atom. The second-order valence-corrected chi connectivity index (χ2v) is 7.43. The number of amides is 1. The topological polar surface area (TPSA) is 38.3 Å². The molecule has 0 aliphatic heterocycles. The lowest BCUT2D eigenvalue weighted by Crippen LogP contribution is -2.37. The van der Waals surface area contributed by atoms with Gasteiger partial charge in [-0.15, -0.1) is 0 Å². The van der Waals surface area contributed by atoms with Crippen molar-refractivity contribution >= 4 is 17.7 Å². The van der Waals surface area contributed by atoms with Crippen LogP contribution in [0.1, 0.15) is 43.7 Å². The molecule has 3 nitrogen and oxygen atoms in total. The van der Waals surface area contributed by atoms with E-state index in [9.17, 15) is 4.79 Å². The van der Waals surface area contributed by atoms with Gasteiger partial charge in [-0.25, -0.2) is 0 Å². The Kier molecular flexibility index (Phi) is 6.62. The predicted molar refractivity (Wildman–Crippen MR) is 93.7 cm³/mol. The molecule has 2 rings (SSSR count). The van der Waals surface area contributed by atoms with Crippen molar-refractivity contribution in [3.8, 4) is 5.75 Å². The second-order valence-electron chi connectivity index (χ2n) is 6.03. The van der Waals surface area contributed by atoms with Gasteiger partial charge in [0, 0.05) is 17.5 Å². The van der Waals surface area contributed by atoms with Crippen LogP contribution in [0.3, 0.4) is 0 Å². The highest BCUT2D eigenvalue weighted by Gasteiger charge is 2.17. The minimum atomic E-state index is -0.461. The Labute approximate surface area is 138 Å². The summed E-state index contributed by atoms with van der Waals surface area (Å²) in [6.07, 6.45) is 4.95. The summed E-state index contributed by atoms with van der Waals surface area (Å²) in [5.74, 6) is 1.75. The monoisotopic (exact) mass is 321 g/mol. The lowest BCUT2D eigenvalue weighted by molar-refractivity contribution is -0.127. The van der Waals surface area contributed by atoms with Crippen LogP contribution >= 0.6 is 11.8 Å². The third kappa shape index (κ3) is 4.94. The Hall–Kier alpha value is -1.16. The molecule has 1 fully saturated rings. The SMILES string of the molecule is Cc1cccc(O[C@@H](C)C(=O)NCCSC2CCCC2)c1C. The van der Waals surface area contributed by atoms with Gasteiger partial charge in [0.2, 0.25) is 0 Å². The molecule has 0 radical (unpaired) electrons. The van der Waals surface area contributed by atoms with E-state index in [1.807, 2.05) is 43.8 Å². The van der Waals surface area contributed by atoms with Gasteiger partial charge in [-0.3, -0.25) is 4.79 Å². The number of rotatable bonds is 7. The fourth-order valence-corrected chi connectivity index (χ4v) is 3.91. The number of nitrogens with one attached hydrogen (secondary N) is 1. The van der Waals surface area contributed by atoms with E-state index < -0.39 is 6.10 Å². The molecule has 0 heterocycles. The Morgan fingerprint density at radius 3 is 2.82 bits per heavy atom. The first-order chi connectivity index (χ1) is 10.6. The van der Waals surface area contributed by atoms with Crippen molar-refractivity contribution in [2.45, 2.75) is 57.8 Å². The van der Waals surface area contributed by atoms with Crippen molar-refractivity contribution in [3.63, 3.8) is 0 Å². The molecule has 22 heavy (non-hydrogen) atoms. The van der Waals surface area contributed by atoms with E-state index in [-0.39, 0.29) is 5.91 Å². The average molecular weight is 321 g/mol. The molecule has 1 N–H and O–H groups in total. The summed E-state index contributed by atoms with van der Waals surface area (Å²) in [5.41, 5.74) is 2.28. The molecule has 1 aromatic carbocycles. The number of aryl methyl sites for hydroxylation is 1. The molecule has 122 valence electrons. The lowest BCUT2D eigenvalue weighted by atomic mass is 10.1. The molecule has 0 bridgehead atoms. The molecule has 1 aliphatic carbocycles. The highest BCUT2D eigenvalue weighted by Crippen LogP contribution is 2.28. The quantitative estimate of drug-likeness (QED) is 0.775. The third-order valence-corrected chi connectivity index (χ3v) is 5.67. The van der Waals surface area contributed by atoms with Crippen molar-refractivity contribution in [1.82, 2.24) is 5.32 Å². The summed E-state index contributed by atoms with van der Waals surface area (Å²) in [7, 11) is 0. The summed E-state index contributed by atoms with van der Waals surface area (Å²) in [5, 5.41) is 3.78. The zero-order valence-electron chi connectivity index (χ0n) is 13.9. The molecule has 4 heteroatoms. The number of carbonyl (C=O) groups is 1. The van der Waals surface area contributed by atoms with E-state index in [1.165, 1.54) is 31.2 Å². The molecule has 0 saturated heterocycles. The number of thioether (sulfide) groups is 1. The number of benzene rings is 1. The summed E-state index contributed by atoms with van der Waals surface area (Å²) >= 11 is 1.99. The number of carbonyl (C=O) groups excluding carboxylic acids is 1. The van der Waals surface area contributed by atoms with Gasteiger partial charge in [0.1, 0.15) is 5.75 Å². The van der Waals surface area contributed by atoms with Gasteiger partial charge in [-0.05, 0) is 50.8 Å². The largest absolute Gasteiger partial charge is 0.481 e. The van der Waals surface area contributed by atoms with Gasteiger partial charge in [-0.2, -0.15) is 11.8 Å². The van der Waals surface area contributed by atoms with Crippen LogP contribution in [-0.2, 0) is 4.79 Å². The Balaban J connectivity index is 1.71. The minimum absolute atomic E-state index is 0.0343. The summed E-state index contributed by atoms with van der Waals surface area (Å²) in [6.45, 7) is 6.60. The highest BCUT2D eigenvalue weighted by atomic mass is 32.2. The Morgan fingerprint density at radius 2 is 2.09 bits per heavy atom. The van der Waals surface area contributed by atoms with Crippen molar-refractivity contribution in [3.05, 3.63) is 29.3 Å². The number of hydrogen-bond donors (Lipinski definition) is 1. The van der Waals surface area contributed by atoms with Crippen molar-refractivity contribution in [2.75, 3.05) is 12.3 Å². The van der Waals surface area contributed by atoms with E-state index in [2.05, 4.69) is 5.32 Å². The average Bonchev–Trinajstić information content (AvgIpc) is 3.01. The molecular weight excluding hydrogens is 294 g/mol. The molecule has 1 amide bonds.